The minimum absolute atomic E-state index is 0.226. The zero-order chi connectivity index (χ0) is 28.1. The average Bonchev–Trinajstić information content (AvgIpc) is 2.87. The highest BCUT2D eigenvalue weighted by Gasteiger charge is 2.30. The molecule has 3 aromatic carbocycles. The Bertz CT molecular complexity index is 1440. The van der Waals surface area contributed by atoms with Gasteiger partial charge in [-0.3, -0.25) is 0 Å². The molecule has 0 spiro atoms. The van der Waals surface area contributed by atoms with Crippen LogP contribution in [0.25, 0.3) is 16.7 Å². The Kier molecular flexibility index (Phi) is 7.30. The quantitative estimate of drug-likeness (QED) is 0.318. The van der Waals surface area contributed by atoms with Crippen molar-refractivity contribution in [3.05, 3.63) is 111 Å². The summed E-state index contributed by atoms with van der Waals surface area (Å²) in [6, 6.07) is 23.3. The molecule has 0 saturated heterocycles. The molecule has 39 heavy (non-hydrogen) atoms. The molecule has 0 aromatic heterocycles. The van der Waals surface area contributed by atoms with Crippen LogP contribution in [0.5, 0.6) is 0 Å². The molecule has 0 saturated carbocycles. The first-order valence-electron chi connectivity index (χ1n) is 15.1. The summed E-state index contributed by atoms with van der Waals surface area (Å²) in [6.45, 7) is 21.5. The number of fused-ring (bicyclic) bond motifs is 5. The molecule has 0 heterocycles. The number of benzene rings is 3. The molecule has 0 heteroatoms. The Balaban J connectivity index is 1.80. The summed E-state index contributed by atoms with van der Waals surface area (Å²) in [5.41, 5.74) is 16.8. The van der Waals surface area contributed by atoms with Crippen molar-refractivity contribution in [2.75, 3.05) is 0 Å². The predicted molar refractivity (Wildman–Crippen MR) is 170 cm³/mol. The molecular weight excluding hydrogens is 468 g/mol. The Morgan fingerprint density at radius 3 is 1.79 bits per heavy atom. The summed E-state index contributed by atoms with van der Waals surface area (Å²) in [7, 11) is 0. The number of hydrogen-bond acceptors (Lipinski definition) is 0. The second-order valence-electron chi connectivity index (χ2n) is 14.4. The minimum Gasteiger partial charge on any atom is -0.0662 e. The first kappa shape index (κ1) is 27.7. The van der Waals surface area contributed by atoms with Crippen molar-refractivity contribution in [3.63, 3.8) is 0 Å². The van der Waals surface area contributed by atoms with Gasteiger partial charge in [-0.2, -0.15) is 0 Å². The highest BCUT2D eigenvalue weighted by Crippen LogP contribution is 2.45. The van der Waals surface area contributed by atoms with Gasteiger partial charge in [-0.1, -0.05) is 128 Å². The number of allylic oxidation sites excluding steroid dienone is 4. The first-order chi connectivity index (χ1) is 18.3. The molecule has 0 aliphatic heterocycles. The molecule has 2 aliphatic carbocycles. The summed E-state index contributed by atoms with van der Waals surface area (Å²) in [5.74, 6) is 1.06. The van der Waals surface area contributed by atoms with Gasteiger partial charge in [0.25, 0.3) is 0 Å². The van der Waals surface area contributed by atoms with Gasteiger partial charge in [0.2, 0.25) is 0 Å². The molecule has 5 rings (SSSR count). The zero-order valence-corrected chi connectivity index (χ0v) is 25.8. The van der Waals surface area contributed by atoms with Crippen LogP contribution in [0.3, 0.4) is 0 Å². The Hall–Kier alpha value is -2.86. The highest BCUT2D eigenvalue weighted by atomic mass is 14.3. The van der Waals surface area contributed by atoms with Gasteiger partial charge in [-0.25, -0.2) is 0 Å². The van der Waals surface area contributed by atoms with Crippen LogP contribution in [-0.2, 0) is 12.8 Å². The Morgan fingerprint density at radius 1 is 0.641 bits per heavy atom. The number of hydrogen-bond donors (Lipinski definition) is 0. The summed E-state index contributed by atoms with van der Waals surface area (Å²) < 4.78 is 0. The van der Waals surface area contributed by atoms with E-state index in [1.165, 1.54) is 50.1 Å². The van der Waals surface area contributed by atoms with Crippen molar-refractivity contribution in [1.82, 2.24) is 0 Å². The molecule has 0 radical (unpaired) electrons. The van der Waals surface area contributed by atoms with Gasteiger partial charge in [0.05, 0.1) is 0 Å². The van der Waals surface area contributed by atoms with E-state index in [4.69, 9.17) is 0 Å². The largest absolute Gasteiger partial charge is 0.0662 e. The molecule has 0 nitrogen and oxygen atoms in total. The summed E-state index contributed by atoms with van der Waals surface area (Å²) in [6.07, 6.45) is 6.85. The monoisotopic (exact) mass is 516 g/mol. The van der Waals surface area contributed by atoms with Crippen LogP contribution >= 0.6 is 0 Å². The predicted octanol–water partition coefficient (Wildman–Crippen LogP) is 11.1. The second-order valence-corrected chi connectivity index (χ2v) is 14.4. The third-order valence-electron chi connectivity index (χ3n) is 9.89. The summed E-state index contributed by atoms with van der Waals surface area (Å²) in [5, 5.41) is 0. The lowest BCUT2D eigenvalue weighted by molar-refractivity contribution is 0.294. The highest BCUT2D eigenvalue weighted by molar-refractivity contribution is 5.81. The van der Waals surface area contributed by atoms with Gasteiger partial charge in [-0.05, 0) is 111 Å². The maximum absolute atomic E-state index is 2.61. The zero-order valence-electron chi connectivity index (χ0n) is 25.8. The maximum atomic E-state index is 2.61. The van der Waals surface area contributed by atoms with Crippen LogP contribution in [0.4, 0.5) is 0 Å². The van der Waals surface area contributed by atoms with Crippen LogP contribution in [-0.4, -0.2) is 0 Å². The third-order valence-corrected chi connectivity index (χ3v) is 9.89. The van der Waals surface area contributed by atoms with Gasteiger partial charge in [0.1, 0.15) is 0 Å². The topological polar surface area (TPSA) is 0 Å². The lowest BCUT2D eigenvalue weighted by Crippen LogP contribution is -2.21. The van der Waals surface area contributed by atoms with Crippen molar-refractivity contribution in [1.29, 1.82) is 0 Å². The fraction of sp³-hybridized carbons (Fsp3) is 0.436. The molecule has 3 aromatic rings. The van der Waals surface area contributed by atoms with E-state index in [2.05, 4.69) is 129 Å². The fourth-order valence-electron chi connectivity index (χ4n) is 6.65. The molecule has 0 N–H and O–H groups in total. The molecule has 204 valence electrons. The van der Waals surface area contributed by atoms with Gasteiger partial charge < -0.3 is 0 Å². The van der Waals surface area contributed by atoms with Crippen LogP contribution < -0.4 is 0 Å². The van der Waals surface area contributed by atoms with Gasteiger partial charge in [-0.15, -0.1) is 0 Å². The van der Waals surface area contributed by atoms with Crippen LogP contribution in [0.2, 0.25) is 0 Å². The van der Waals surface area contributed by atoms with Gasteiger partial charge >= 0.3 is 0 Å². The van der Waals surface area contributed by atoms with E-state index in [1.807, 2.05) is 0 Å². The first-order valence-corrected chi connectivity index (χ1v) is 15.1. The van der Waals surface area contributed by atoms with E-state index < -0.39 is 0 Å². The average molecular weight is 517 g/mol. The number of aryl methyl sites for hydroxylation is 1. The Labute approximate surface area is 238 Å². The van der Waals surface area contributed by atoms with Crippen LogP contribution in [0, 0.1) is 23.7 Å². The molecule has 2 unspecified atom stereocenters. The van der Waals surface area contributed by atoms with Crippen molar-refractivity contribution in [3.8, 4) is 11.1 Å². The normalized spacial score (nSPS) is 17.3. The fourth-order valence-corrected chi connectivity index (χ4v) is 6.65. The molecule has 0 bridgehead atoms. The summed E-state index contributed by atoms with van der Waals surface area (Å²) >= 11 is 0. The standard InChI is InChI=1S/C39H48/c1-25-20-31(27(3)39(7,8)9)24-33-23-30-15-11-13-17-35(30)34-16-12-10-14-29(34)22-32-21-28(26(2)38(4,5)6)18-19-36(32)37(25)33/h10-17,20-21,24,26-27H,18-19,22-23H2,1-9H3. The minimum atomic E-state index is 0.226. The van der Waals surface area contributed by atoms with Crippen LogP contribution in [0.15, 0.2) is 77.9 Å². The van der Waals surface area contributed by atoms with Crippen molar-refractivity contribution in [2.45, 2.75) is 93.9 Å². The third kappa shape index (κ3) is 5.45. The van der Waals surface area contributed by atoms with Crippen molar-refractivity contribution < 1.29 is 0 Å². The van der Waals surface area contributed by atoms with E-state index in [0.717, 1.165) is 25.7 Å². The summed E-state index contributed by atoms with van der Waals surface area (Å²) in [4.78, 5) is 0. The van der Waals surface area contributed by atoms with Crippen molar-refractivity contribution in [2.24, 2.45) is 16.7 Å². The van der Waals surface area contributed by atoms with E-state index in [1.54, 1.807) is 11.1 Å². The molecular formula is C39H48. The Morgan fingerprint density at radius 2 is 1.21 bits per heavy atom. The van der Waals surface area contributed by atoms with E-state index in [-0.39, 0.29) is 10.8 Å². The molecule has 0 amide bonds. The number of rotatable bonds is 2. The molecule has 2 atom stereocenters. The smallest absolute Gasteiger partial charge is 0.00134 e. The second kappa shape index (κ2) is 10.3. The van der Waals surface area contributed by atoms with Crippen molar-refractivity contribution >= 4 is 5.57 Å². The van der Waals surface area contributed by atoms with E-state index in [9.17, 15) is 0 Å². The SMILES string of the molecule is Cc1cc(C(C)C(C)(C)C)cc2c1C1=C(C=C(C(C)C(C)(C)C)CC1)Cc1ccccc1-c1ccccc1C2. The molecule has 0 fully saturated rings. The van der Waals surface area contributed by atoms with E-state index >= 15 is 0 Å². The van der Waals surface area contributed by atoms with Gasteiger partial charge in [0.15, 0.2) is 0 Å². The lowest BCUT2D eigenvalue weighted by atomic mass is 9.71. The molecule has 2 aliphatic rings. The maximum Gasteiger partial charge on any atom is -0.00134 e. The van der Waals surface area contributed by atoms with Gasteiger partial charge in [0, 0.05) is 0 Å². The lowest BCUT2D eigenvalue weighted by Gasteiger charge is -2.34. The van der Waals surface area contributed by atoms with Crippen LogP contribution in [0.1, 0.15) is 108 Å². The van der Waals surface area contributed by atoms with E-state index in [0.29, 0.717) is 11.8 Å².